The summed E-state index contributed by atoms with van der Waals surface area (Å²) in [7, 11) is -4.34. The van der Waals surface area contributed by atoms with E-state index in [1.807, 2.05) is 5.43 Å². The third kappa shape index (κ3) is 3.86. The van der Waals surface area contributed by atoms with Crippen molar-refractivity contribution in [3.8, 4) is 11.5 Å². The summed E-state index contributed by atoms with van der Waals surface area (Å²) >= 11 is 0. The maximum atomic E-state index is 13.1. The monoisotopic (exact) mass is 370 g/mol. The summed E-state index contributed by atoms with van der Waals surface area (Å²) in [6.07, 6.45) is 0. The Morgan fingerprint density at radius 3 is 2.28 bits per heavy atom. The number of hydrogen-bond donors (Lipinski definition) is 2. The van der Waals surface area contributed by atoms with E-state index in [1.165, 1.54) is 18.2 Å². The zero-order chi connectivity index (χ0) is 18.0. The van der Waals surface area contributed by atoms with Crippen LogP contribution in [0.2, 0.25) is 0 Å². The number of fused-ring (bicyclic) bond motifs is 1. The maximum absolute atomic E-state index is 13.1. The molecule has 132 valence electrons. The topological polar surface area (TPSA) is 93.7 Å². The predicted molar refractivity (Wildman–Crippen MR) is 81.6 cm³/mol. The van der Waals surface area contributed by atoms with Gasteiger partial charge in [0.1, 0.15) is 24.8 Å². The van der Waals surface area contributed by atoms with Crippen LogP contribution < -0.4 is 19.7 Å². The lowest BCUT2D eigenvalue weighted by molar-refractivity contribution is 0.0944. The fourth-order valence-electron chi connectivity index (χ4n) is 2.11. The molecule has 0 fully saturated rings. The second kappa shape index (κ2) is 6.65. The van der Waals surface area contributed by atoms with E-state index in [2.05, 4.69) is 0 Å². The van der Waals surface area contributed by atoms with E-state index >= 15 is 0 Å². The molecule has 3 rings (SSSR count). The Balaban J connectivity index is 1.73. The van der Waals surface area contributed by atoms with Crippen molar-refractivity contribution in [1.82, 2.24) is 10.3 Å². The molecule has 0 saturated carbocycles. The molecule has 7 nitrogen and oxygen atoms in total. The molecule has 1 aliphatic heterocycles. The van der Waals surface area contributed by atoms with Gasteiger partial charge in [0.2, 0.25) is 0 Å². The number of amides is 1. The molecule has 0 aromatic heterocycles. The van der Waals surface area contributed by atoms with Gasteiger partial charge in [-0.1, -0.05) is 0 Å². The number of ether oxygens (including phenoxy) is 2. The van der Waals surface area contributed by atoms with Crippen molar-refractivity contribution in [2.45, 2.75) is 4.90 Å². The molecule has 0 aliphatic carbocycles. The first kappa shape index (κ1) is 17.1. The van der Waals surface area contributed by atoms with Crippen LogP contribution in [0.15, 0.2) is 41.3 Å². The van der Waals surface area contributed by atoms with E-state index in [0.717, 1.165) is 0 Å². The molecule has 2 N–H and O–H groups in total. The molecule has 1 aliphatic rings. The smallest absolute Gasteiger partial charge is 0.266 e. The second-order valence-electron chi connectivity index (χ2n) is 5.02. The molecular weight excluding hydrogens is 358 g/mol. The minimum atomic E-state index is -4.34. The van der Waals surface area contributed by atoms with E-state index < -0.39 is 32.5 Å². The first-order chi connectivity index (χ1) is 11.8. The van der Waals surface area contributed by atoms with Crippen LogP contribution >= 0.6 is 0 Å². The lowest BCUT2D eigenvalue weighted by Crippen LogP contribution is -2.41. The lowest BCUT2D eigenvalue weighted by Gasteiger charge is -2.18. The Morgan fingerprint density at radius 2 is 1.60 bits per heavy atom. The van der Waals surface area contributed by atoms with Crippen molar-refractivity contribution in [3.05, 3.63) is 53.6 Å². The third-order valence-corrected chi connectivity index (χ3v) is 4.48. The van der Waals surface area contributed by atoms with Crippen molar-refractivity contribution < 1.29 is 31.5 Å². The largest absolute Gasteiger partial charge is 0.486 e. The SMILES string of the molecule is O=C(NNS(=O)(=O)c1cc(F)cc(F)c1)c1ccc2c(c1)OCCO2. The minimum Gasteiger partial charge on any atom is -0.486 e. The average molecular weight is 370 g/mol. The molecular formula is C15H12F2N2O5S. The first-order valence-corrected chi connectivity index (χ1v) is 8.51. The fourth-order valence-corrected chi connectivity index (χ4v) is 2.99. The van der Waals surface area contributed by atoms with Crippen LogP contribution in [0.1, 0.15) is 10.4 Å². The van der Waals surface area contributed by atoms with Gasteiger partial charge in [-0.2, -0.15) is 0 Å². The quantitative estimate of drug-likeness (QED) is 0.793. The van der Waals surface area contributed by atoms with E-state index in [4.69, 9.17) is 9.47 Å². The van der Waals surface area contributed by atoms with E-state index in [1.54, 1.807) is 4.83 Å². The van der Waals surface area contributed by atoms with Gasteiger partial charge < -0.3 is 9.47 Å². The third-order valence-electron chi connectivity index (χ3n) is 3.25. The van der Waals surface area contributed by atoms with Gasteiger partial charge in [0, 0.05) is 11.6 Å². The lowest BCUT2D eigenvalue weighted by atomic mass is 10.2. The number of carbonyl (C=O) groups excluding carboxylic acids is 1. The van der Waals surface area contributed by atoms with Gasteiger partial charge in [-0.3, -0.25) is 10.2 Å². The van der Waals surface area contributed by atoms with Gasteiger partial charge in [0.05, 0.1) is 4.90 Å². The highest BCUT2D eigenvalue weighted by molar-refractivity contribution is 7.89. The summed E-state index contributed by atoms with van der Waals surface area (Å²) in [4.78, 5) is 13.2. The number of hydrazine groups is 1. The second-order valence-corrected chi connectivity index (χ2v) is 6.71. The number of nitrogens with one attached hydrogen (secondary N) is 2. The molecule has 10 heteroatoms. The van der Waals surface area contributed by atoms with Gasteiger partial charge in [-0.15, -0.1) is 4.83 Å². The summed E-state index contributed by atoms with van der Waals surface area (Å²) in [5, 5.41) is 0. The number of benzene rings is 2. The molecule has 0 atom stereocenters. The zero-order valence-corrected chi connectivity index (χ0v) is 13.4. The van der Waals surface area contributed by atoms with Crippen molar-refractivity contribution >= 4 is 15.9 Å². The average Bonchev–Trinajstić information content (AvgIpc) is 2.58. The standard InChI is InChI=1S/C15H12F2N2O5S/c16-10-6-11(17)8-12(7-10)25(21,22)19-18-15(20)9-1-2-13-14(5-9)24-4-3-23-13/h1-2,5-8,19H,3-4H2,(H,18,20). The number of sulfonamides is 1. The van der Waals surface area contributed by atoms with Crippen molar-refractivity contribution in [1.29, 1.82) is 0 Å². The predicted octanol–water partition coefficient (Wildman–Crippen LogP) is 1.36. The van der Waals surface area contributed by atoms with Crippen LogP contribution in [0.5, 0.6) is 11.5 Å². The van der Waals surface area contributed by atoms with Crippen LogP contribution in [0.25, 0.3) is 0 Å². The van der Waals surface area contributed by atoms with Crippen molar-refractivity contribution in [3.63, 3.8) is 0 Å². The normalized spacial score (nSPS) is 13.4. The Morgan fingerprint density at radius 1 is 0.960 bits per heavy atom. The van der Waals surface area contributed by atoms with Crippen molar-refractivity contribution in [2.75, 3.05) is 13.2 Å². The number of rotatable bonds is 4. The van der Waals surface area contributed by atoms with E-state index in [-0.39, 0.29) is 5.56 Å². The van der Waals surface area contributed by atoms with Gasteiger partial charge >= 0.3 is 0 Å². The van der Waals surface area contributed by atoms with Crippen LogP contribution in [0.4, 0.5) is 8.78 Å². The number of halogens is 2. The molecule has 0 spiro atoms. The molecule has 1 amide bonds. The van der Waals surface area contributed by atoms with Crippen LogP contribution in [-0.2, 0) is 10.0 Å². The summed E-state index contributed by atoms with van der Waals surface area (Å²) in [6, 6.07) is 6.11. The van der Waals surface area contributed by atoms with E-state index in [9.17, 15) is 22.0 Å². The Bertz CT molecular complexity index is 913. The van der Waals surface area contributed by atoms with E-state index in [0.29, 0.717) is 42.9 Å². The molecule has 0 saturated heterocycles. The van der Waals surface area contributed by atoms with Crippen LogP contribution in [0, 0.1) is 11.6 Å². The number of hydrogen-bond acceptors (Lipinski definition) is 5. The highest BCUT2D eigenvalue weighted by atomic mass is 32.2. The molecule has 25 heavy (non-hydrogen) atoms. The first-order valence-electron chi connectivity index (χ1n) is 7.03. The van der Waals surface area contributed by atoms with Crippen LogP contribution in [0.3, 0.4) is 0 Å². The number of carbonyl (C=O) groups is 1. The fraction of sp³-hybridized carbons (Fsp3) is 0.133. The van der Waals surface area contributed by atoms with Gasteiger partial charge in [0.25, 0.3) is 15.9 Å². The van der Waals surface area contributed by atoms with Gasteiger partial charge in [-0.05, 0) is 30.3 Å². The van der Waals surface area contributed by atoms with Gasteiger partial charge in [-0.25, -0.2) is 17.2 Å². The Labute approximate surface area is 141 Å². The molecule has 0 bridgehead atoms. The molecule has 1 heterocycles. The van der Waals surface area contributed by atoms with Crippen molar-refractivity contribution in [2.24, 2.45) is 0 Å². The molecule has 0 unspecified atom stereocenters. The summed E-state index contributed by atoms with van der Waals surface area (Å²) in [6.45, 7) is 0.721. The maximum Gasteiger partial charge on any atom is 0.266 e. The van der Waals surface area contributed by atoms with Crippen LogP contribution in [-0.4, -0.2) is 27.5 Å². The summed E-state index contributed by atoms with van der Waals surface area (Å²) in [5.41, 5.74) is 2.07. The highest BCUT2D eigenvalue weighted by Crippen LogP contribution is 2.30. The Kier molecular flexibility index (Phi) is 4.55. The van der Waals surface area contributed by atoms with Gasteiger partial charge in [0.15, 0.2) is 11.5 Å². The molecule has 0 radical (unpaired) electrons. The summed E-state index contributed by atoms with van der Waals surface area (Å²) in [5.74, 6) is -2.07. The molecule has 2 aromatic carbocycles. The summed E-state index contributed by atoms with van der Waals surface area (Å²) < 4.78 is 60.9. The Hall–Kier alpha value is -2.72. The zero-order valence-electron chi connectivity index (χ0n) is 12.6. The molecule has 2 aromatic rings. The highest BCUT2D eigenvalue weighted by Gasteiger charge is 2.19. The minimum absolute atomic E-state index is 0.109.